The predicted octanol–water partition coefficient (Wildman–Crippen LogP) is 13.3. The van der Waals surface area contributed by atoms with Crippen molar-refractivity contribution in [3.05, 3.63) is 177 Å². The number of thiophene rings is 3. The topological polar surface area (TPSA) is 198 Å². The Morgan fingerprint density at radius 1 is 0.427 bits per heavy atom. The van der Waals surface area contributed by atoms with Crippen LogP contribution in [0.4, 0.5) is 5.00 Å². The molecule has 15 rings (SSSR count). The number of ketones is 4. The van der Waals surface area contributed by atoms with Crippen molar-refractivity contribution in [2.45, 2.75) is 114 Å². The Balaban J connectivity index is 0.927. The second-order valence-corrected chi connectivity index (χ2v) is 28.4. The maximum atomic E-state index is 16.0. The fourth-order valence-corrected chi connectivity index (χ4v) is 20.3. The molecule has 89 heavy (non-hydrogen) atoms. The number of benzene rings is 4. The summed E-state index contributed by atoms with van der Waals surface area (Å²) in [4.78, 5) is 134. The smallest absolute Gasteiger partial charge is 0.334 e. The molecule has 3 aromatic heterocycles. The van der Waals surface area contributed by atoms with Gasteiger partial charge in [0.15, 0.2) is 28.8 Å². The van der Waals surface area contributed by atoms with Gasteiger partial charge in [0.05, 0.1) is 24.9 Å². The molecular weight excluding hydrogens is 1180 g/mol. The third-order valence-corrected chi connectivity index (χ3v) is 24.1. The van der Waals surface area contributed by atoms with Crippen LogP contribution in [0.15, 0.2) is 143 Å². The lowest BCUT2D eigenvalue weighted by molar-refractivity contribution is -0.166. The Bertz CT molecular complexity index is 4000. The largest absolute Gasteiger partial charge is 0.459 e. The van der Waals surface area contributed by atoms with E-state index in [0.29, 0.717) is 95.6 Å². The van der Waals surface area contributed by atoms with Crippen molar-refractivity contribution in [1.29, 1.82) is 0 Å². The van der Waals surface area contributed by atoms with Crippen LogP contribution in [-0.4, -0.2) is 58.4 Å². The lowest BCUT2D eigenvalue weighted by Crippen LogP contribution is -2.46. The summed E-state index contributed by atoms with van der Waals surface area (Å²) in [5, 5.41) is 0.209. The van der Waals surface area contributed by atoms with Gasteiger partial charge in [0.2, 0.25) is 10.8 Å². The zero-order valence-corrected chi connectivity index (χ0v) is 51.1. The second kappa shape index (κ2) is 23.0. The van der Waals surface area contributed by atoms with E-state index >= 15 is 19.2 Å². The van der Waals surface area contributed by atoms with Crippen molar-refractivity contribution < 1.29 is 57.3 Å². The van der Waals surface area contributed by atoms with Gasteiger partial charge in [-0.1, -0.05) is 173 Å². The molecule has 0 saturated heterocycles. The third kappa shape index (κ3) is 9.50. The van der Waals surface area contributed by atoms with Crippen molar-refractivity contribution >= 4 is 113 Å². The number of hydrogen-bond donors (Lipinski definition) is 0. The molecule has 8 aliphatic rings. The van der Waals surface area contributed by atoms with Crippen molar-refractivity contribution in [1.82, 2.24) is 0 Å². The number of carbonyl (C=O) groups is 8. The number of fused-ring (bicyclic) bond motifs is 11. The van der Waals surface area contributed by atoms with Gasteiger partial charge >= 0.3 is 23.9 Å². The van der Waals surface area contributed by atoms with Crippen LogP contribution < -0.4 is 0 Å². The molecule has 0 N–H and O–H groups in total. The molecule has 8 atom stereocenters. The molecule has 7 aromatic rings. The monoisotopic (exact) mass is 1240 g/mol. The normalized spacial score (nSPS) is 25.0. The molecule has 0 spiro atoms. The Kier molecular flexibility index (Phi) is 14.8. The second-order valence-electron chi connectivity index (χ2n) is 25.3. The van der Waals surface area contributed by atoms with Crippen LogP contribution in [0.3, 0.4) is 0 Å². The first-order valence-electron chi connectivity index (χ1n) is 31.1. The quantitative estimate of drug-likeness (QED) is 0.0568. The molecule has 0 aliphatic heterocycles. The first-order chi connectivity index (χ1) is 43.4. The summed E-state index contributed by atoms with van der Waals surface area (Å²) in [6.45, 7) is -1.05. The highest BCUT2D eigenvalue weighted by Gasteiger charge is 2.65. The fourth-order valence-electron chi connectivity index (χ4n) is 16.1. The molecule has 0 amide bonds. The average Bonchev–Trinajstić information content (AvgIpc) is 1.50. The minimum absolute atomic E-state index is 0.0850. The van der Waals surface area contributed by atoms with Gasteiger partial charge in [0, 0.05) is 45.2 Å². The number of aliphatic imine (C=N–C) groups is 2. The summed E-state index contributed by atoms with van der Waals surface area (Å²) in [5.74, 6) is -6.29. The number of hydrogen-bond acceptors (Lipinski definition) is 17. The van der Waals surface area contributed by atoms with Crippen LogP contribution in [0, 0.1) is 47.3 Å². The van der Waals surface area contributed by atoms with E-state index in [9.17, 15) is 19.2 Å². The summed E-state index contributed by atoms with van der Waals surface area (Å²) in [6.07, 6.45) is 12.3. The van der Waals surface area contributed by atoms with Gasteiger partial charge < -0.3 is 18.9 Å². The summed E-state index contributed by atoms with van der Waals surface area (Å²) >= 11 is 3.33. The molecule has 0 bridgehead atoms. The van der Waals surface area contributed by atoms with Gasteiger partial charge in [0.1, 0.15) is 37.1 Å². The molecule has 14 nitrogen and oxygen atoms in total. The van der Waals surface area contributed by atoms with Crippen LogP contribution in [0.25, 0.3) is 25.2 Å². The maximum Gasteiger partial charge on any atom is 0.334 e. The van der Waals surface area contributed by atoms with Crippen molar-refractivity contribution in [3.8, 4) is 9.75 Å². The summed E-state index contributed by atoms with van der Waals surface area (Å²) < 4.78 is 25.9. The molecule has 17 heteroatoms. The minimum Gasteiger partial charge on any atom is -0.459 e. The van der Waals surface area contributed by atoms with E-state index < -0.39 is 69.9 Å². The molecule has 8 unspecified atom stereocenters. The Morgan fingerprint density at radius 3 is 1.18 bits per heavy atom. The summed E-state index contributed by atoms with van der Waals surface area (Å²) in [5.41, 5.74) is -2.75. The van der Waals surface area contributed by atoms with E-state index in [4.69, 9.17) is 28.9 Å². The first-order valence-corrected chi connectivity index (χ1v) is 33.5. The van der Waals surface area contributed by atoms with E-state index in [-0.39, 0.29) is 76.8 Å². The van der Waals surface area contributed by atoms with Gasteiger partial charge in [-0.2, -0.15) is 0 Å². The zero-order chi connectivity index (χ0) is 60.7. The lowest BCUT2D eigenvalue weighted by atomic mass is 9.64. The molecular formula is C72H62N2O12S3. The fraction of sp³-hybridized carbons (Fsp3) is 0.361. The first kappa shape index (κ1) is 57.3. The maximum absolute atomic E-state index is 16.0. The summed E-state index contributed by atoms with van der Waals surface area (Å²) in [7, 11) is 0. The van der Waals surface area contributed by atoms with Gasteiger partial charge in [-0.15, -0.1) is 34.0 Å². The highest BCUT2D eigenvalue weighted by molar-refractivity contribution is 7.33. The van der Waals surface area contributed by atoms with Crippen molar-refractivity contribution in [2.75, 3.05) is 0 Å². The predicted molar refractivity (Wildman–Crippen MR) is 336 cm³/mol. The van der Waals surface area contributed by atoms with Crippen molar-refractivity contribution in [3.63, 3.8) is 0 Å². The Labute approximate surface area is 525 Å². The number of nitrogens with zero attached hydrogens (tertiary/aromatic N) is 2. The molecule has 4 aromatic carbocycles. The number of rotatable bonds is 14. The highest BCUT2D eigenvalue weighted by Crippen LogP contribution is 2.65. The number of esters is 4. The van der Waals surface area contributed by atoms with Crippen LogP contribution in [0.2, 0.25) is 0 Å². The highest BCUT2D eigenvalue weighted by atomic mass is 32.1. The molecule has 3 heterocycles. The van der Waals surface area contributed by atoms with Crippen LogP contribution in [-0.2, 0) is 94.6 Å². The molecule has 6 fully saturated rings. The lowest BCUT2D eigenvalue weighted by Gasteiger charge is -2.39. The van der Waals surface area contributed by atoms with Gasteiger partial charge in [-0.3, -0.25) is 38.4 Å². The number of carbonyl (C=O) groups excluding carboxylic acids is 8. The van der Waals surface area contributed by atoms with Gasteiger partial charge in [0.25, 0.3) is 0 Å². The van der Waals surface area contributed by atoms with E-state index in [1.165, 1.54) is 6.08 Å². The third-order valence-electron chi connectivity index (χ3n) is 20.4. The van der Waals surface area contributed by atoms with E-state index in [1.54, 1.807) is 103 Å². The van der Waals surface area contributed by atoms with Crippen molar-refractivity contribution in [2.24, 2.45) is 57.3 Å². The summed E-state index contributed by atoms with van der Waals surface area (Å²) in [6, 6.07) is 37.5. The Hall–Kier alpha value is -8.12. The number of Topliss-reactive ketones (excluding diaryl/α,β-unsaturated/α-hetero) is 4. The molecule has 450 valence electrons. The zero-order valence-electron chi connectivity index (χ0n) is 48.7. The van der Waals surface area contributed by atoms with Crippen LogP contribution >= 0.6 is 34.0 Å². The van der Waals surface area contributed by atoms with Gasteiger partial charge in [-0.05, 0) is 83.8 Å². The Morgan fingerprint density at radius 2 is 0.787 bits per heavy atom. The average molecular weight is 1240 g/mol. The number of ether oxygens (including phenoxy) is 4. The van der Waals surface area contributed by atoms with Crippen LogP contribution in [0.5, 0.6) is 0 Å². The van der Waals surface area contributed by atoms with E-state index in [2.05, 4.69) is 0 Å². The van der Waals surface area contributed by atoms with Crippen LogP contribution in [0.1, 0.15) is 121 Å². The molecule has 0 radical (unpaired) electrons. The van der Waals surface area contributed by atoms with E-state index in [1.807, 2.05) is 24.3 Å². The standard InChI is InChI=1S/C72H62N2O12S3/c75-59-47-29-43-25-13-14-26-44(43)30-48(47)60(76)57(59)73-53-34-52-55(72(53,69(81)85-37-41-21-9-3-10-22-41)70(82)86-38-42-23-11-4-12-24-42)64-66(87-52)56-65(89-64)63-51(33-54(88-63)74-58-61(77)49-31-45-27-15-16-28-46(45)32-50(49)62(58)78)71(56,67(79)83-35-39-17-5-1-6-18-39)68(80)84-36-40-19-7-2-8-20-40/h1-12,17-24,33-34,43-50H,13-16,25-32,35-38H2. The van der Waals surface area contributed by atoms with Gasteiger partial charge in [-0.25, -0.2) is 9.98 Å². The van der Waals surface area contributed by atoms with E-state index in [0.717, 1.165) is 85.4 Å². The SMILES string of the molecule is O=C1C(=NC2=Cc3sc4c5c(sc4c3C2(C(=O)OCc2ccccc2)C(=O)OCc2ccccc2)-c2sc(N=C3C(=O)C4CC6CCCCC6CC4C3=O)cc2C5(C(=O)OCc2ccccc2)C(=O)OCc2ccccc2)C(=O)C2CC3CCCCC3CC12. The molecule has 6 saturated carbocycles. The molecule has 8 aliphatic carbocycles. The minimum atomic E-state index is -2.60.